The number of aliphatic hydroxyl groups is 6. The molecule has 414 valence electrons. The van der Waals surface area contributed by atoms with Crippen LogP contribution in [0.5, 0.6) is 0 Å². The standard InChI is InChI=1S/C54H94N4O14/c1-16-43-54(11,66)46(61)34(6)56(12)26-30(2)24-52(9,65)48(32(4)44(33(5)50(64)71-43)42-25-53(10,67-15)47(62)36(8)70-42)72-51-45(60)40(22-31(3)69-51)58(14)28-39(35(7)59)55-49(63)41-23-38(27-57(41)13)68-29-37-20-18-17-19-21-37/h17-21,30-36,38-48,51,59-62,65-66H,16,22-29H2,1-15H3,(H,55,63)/t30-,31-,32+,33-,34-,35+,36+,38-,39?,40+,41+,42?,43-,44+,45-,46-,47+,48-,51+,52-,53-,54-/m1/s1. The van der Waals surface area contributed by atoms with E-state index in [1.54, 1.807) is 48.5 Å². The first-order valence-corrected chi connectivity index (χ1v) is 26.5. The van der Waals surface area contributed by atoms with Gasteiger partial charge in [0.15, 0.2) is 6.29 Å². The summed E-state index contributed by atoms with van der Waals surface area (Å²) < 4.78 is 38.4. The van der Waals surface area contributed by atoms with E-state index in [1.807, 2.05) is 86.9 Å². The van der Waals surface area contributed by atoms with E-state index in [0.717, 1.165) is 5.56 Å². The van der Waals surface area contributed by atoms with Crippen molar-refractivity contribution in [3.05, 3.63) is 35.9 Å². The third-order valence-electron chi connectivity index (χ3n) is 17.0. The van der Waals surface area contributed by atoms with Crippen molar-refractivity contribution in [3.63, 3.8) is 0 Å². The summed E-state index contributed by atoms with van der Waals surface area (Å²) in [7, 11) is 7.07. The topological polar surface area (TPSA) is 233 Å². The van der Waals surface area contributed by atoms with Gasteiger partial charge in [-0.25, -0.2) is 0 Å². The molecule has 72 heavy (non-hydrogen) atoms. The van der Waals surface area contributed by atoms with Crippen molar-refractivity contribution >= 4 is 11.9 Å². The highest BCUT2D eigenvalue weighted by Crippen LogP contribution is 2.45. The van der Waals surface area contributed by atoms with Crippen molar-refractivity contribution < 1.29 is 68.6 Å². The number of nitrogens with zero attached hydrogens (tertiary/aromatic N) is 3. The Hall–Kier alpha value is -2.40. The van der Waals surface area contributed by atoms with Crippen LogP contribution in [0.25, 0.3) is 0 Å². The highest BCUT2D eigenvalue weighted by atomic mass is 16.7. The quantitative estimate of drug-likeness (QED) is 0.133. The highest BCUT2D eigenvalue weighted by Gasteiger charge is 2.55. The van der Waals surface area contributed by atoms with Crippen LogP contribution in [0.1, 0.15) is 114 Å². The SMILES string of the molecule is CC[C@H]1OC(=O)[C@H](C)[C@@H](C2C[C@@](C)(OC)[C@@H](O)[C@H](C)O2)[C@H](C)[C@@H](O[C@@H]2O[C@H](C)C[C@H](N(C)CC(NC(=O)[C@@H]3C[C@@H](OCc4ccccc4)CN3C)[C@H](C)O)[C@H]2O)[C@](C)(O)C[C@@H](C)CN(C)[C@H](C)[C@@H](O)[C@]1(C)O. The van der Waals surface area contributed by atoms with Crippen LogP contribution in [0, 0.1) is 23.7 Å². The Morgan fingerprint density at radius 2 is 1.60 bits per heavy atom. The van der Waals surface area contributed by atoms with Gasteiger partial charge in [-0.2, -0.15) is 0 Å². The number of rotatable bonds is 14. The van der Waals surface area contributed by atoms with Gasteiger partial charge in [0, 0.05) is 51.2 Å². The number of benzene rings is 1. The number of hydrogen-bond donors (Lipinski definition) is 7. The normalized spacial score (nSPS) is 43.4. The Balaban J connectivity index is 1.44. The molecule has 18 heteroatoms. The number of amides is 1. The molecule has 18 nitrogen and oxygen atoms in total. The Morgan fingerprint density at radius 3 is 2.21 bits per heavy atom. The van der Waals surface area contributed by atoms with E-state index in [4.69, 9.17) is 28.4 Å². The largest absolute Gasteiger partial charge is 0.459 e. The molecule has 0 spiro atoms. The van der Waals surface area contributed by atoms with Crippen LogP contribution < -0.4 is 5.32 Å². The molecular formula is C54H94N4O14. The molecule has 4 heterocycles. The summed E-state index contributed by atoms with van der Waals surface area (Å²) in [6.45, 7) is 21.0. The minimum absolute atomic E-state index is 0.144. The van der Waals surface area contributed by atoms with Crippen molar-refractivity contribution in [2.45, 2.75) is 223 Å². The summed E-state index contributed by atoms with van der Waals surface area (Å²) in [5, 5.41) is 74.5. The first-order chi connectivity index (χ1) is 33.6. The molecule has 2 unspecified atom stereocenters. The maximum atomic E-state index is 14.7. The summed E-state index contributed by atoms with van der Waals surface area (Å²) in [5.74, 6) is -3.55. The van der Waals surface area contributed by atoms with Crippen molar-refractivity contribution in [2.75, 3.05) is 47.9 Å². The molecule has 22 atom stereocenters. The molecule has 4 saturated heterocycles. The monoisotopic (exact) mass is 1020 g/mol. The maximum absolute atomic E-state index is 14.7. The Morgan fingerprint density at radius 1 is 0.944 bits per heavy atom. The van der Waals surface area contributed by atoms with Gasteiger partial charge in [-0.1, -0.05) is 58.0 Å². The molecule has 0 bridgehead atoms. The zero-order chi connectivity index (χ0) is 53.8. The van der Waals surface area contributed by atoms with Gasteiger partial charge in [-0.3, -0.25) is 19.4 Å². The number of likely N-dealkylation sites (N-methyl/N-ethyl adjacent to an activating group) is 3. The Labute approximate surface area is 430 Å². The number of cyclic esters (lactones) is 1. The molecule has 7 N–H and O–H groups in total. The lowest BCUT2D eigenvalue weighted by molar-refractivity contribution is -0.303. The van der Waals surface area contributed by atoms with Crippen LogP contribution in [0.3, 0.4) is 0 Å². The predicted octanol–water partition coefficient (Wildman–Crippen LogP) is 2.70. The highest BCUT2D eigenvalue weighted by molar-refractivity contribution is 5.82. The van der Waals surface area contributed by atoms with E-state index in [2.05, 4.69) is 5.32 Å². The second-order valence-corrected chi connectivity index (χ2v) is 23.2. The molecule has 0 aromatic heterocycles. The third-order valence-corrected chi connectivity index (χ3v) is 17.0. The maximum Gasteiger partial charge on any atom is 0.309 e. The number of nitrogens with one attached hydrogen (secondary N) is 1. The second-order valence-electron chi connectivity index (χ2n) is 23.2. The van der Waals surface area contributed by atoms with E-state index in [-0.39, 0.29) is 43.7 Å². The van der Waals surface area contributed by atoms with Gasteiger partial charge in [0.2, 0.25) is 5.91 Å². The van der Waals surface area contributed by atoms with E-state index in [1.165, 1.54) is 14.0 Å². The molecule has 1 aromatic carbocycles. The molecule has 4 fully saturated rings. The number of carbonyl (C=O) groups excluding carboxylic acids is 2. The van der Waals surface area contributed by atoms with Crippen molar-refractivity contribution in [3.8, 4) is 0 Å². The molecule has 5 rings (SSSR count). The first-order valence-electron chi connectivity index (χ1n) is 26.5. The summed E-state index contributed by atoms with van der Waals surface area (Å²) in [5.41, 5.74) is -3.51. The fourth-order valence-corrected chi connectivity index (χ4v) is 12.4. The van der Waals surface area contributed by atoms with Gasteiger partial charge in [0.05, 0.1) is 72.4 Å². The number of carbonyl (C=O) groups is 2. The Kier molecular flexibility index (Phi) is 21.1. The van der Waals surface area contributed by atoms with Crippen LogP contribution in [0.2, 0.25) is 0 Å². The van der Waals surface area contributed by atoms with Gasteiger partial charge < -0.3 is 69.3 Å². The first kappa shape index (κ1) is 60.5. The van der Waals surface area contributed by atoms with Crippen LogP contribution in [0.4, 0.5) is 0 Å². The summed E-state index contributed by atoms with van der Waals surface area (Å²) in [6.07, 6.45) is -8.66. The van der Waals surface area contributed by atoms with Gasteiger partial charge in [0.1, 0.15) is 30.0 Å². The smallest absolute Gasteiger partial charge is 0.309 e. The number of aliphatic hydroxyl groups excluding tert-OH is 4. The number of hydrogen-bond acceptors (Lipinski definition) is 17. The lowest BCUT2D eigenvalue weighted by Crippen LogP contribution is -2.62. The average Bonchev–Trinajstić information content (AvgIpc) is 3.70. The molecule has 4 aliphatic heterocycles. The van der Waals surface area contributed by atoms with Gasteiger partial charge >= 0.3 is 5.97 Å². The average molecular weight is 1020 g/mol. The van der Waals surface area contributed by atoms with E-state index in [0.29, 0.717) is 32.5 Å². The van der Waals surface area contributed by atoms with Crippen LogP contribution >= 0.6 is 0 Å². The van der Waals surface area contributed by atoms with E-state index in [9.17, 15) is 40.2 Å². The van der Waals surface area contributed by atoms with Gasteiger partial charge in [-0.15, -0.1) is 0 Å². The third kappa shape index (κ3) is 14.1. The number of esters is 1. The molecule has 1 amide bonds. The van der Waals surface area contributed by atoms with E-state index >= 15 is 0 Å². The lowest BCUT2D eigenvalue weighted by Gasteiger charge is -2.51. The van der Waals surface area contributed by atoms with Crippen LogP contribution in [-0.2, 0) is 44.6 Å². The van der Waals surface area contributed by atoms with Gasteiger partial charge in [-0.05, 0) is 113 Å². The van der Waals surface area contributed by atoms with Crippen LogP contribution in [0.15, 0.2) is 30.3 Å². The number of likely N-dealkylation sites (tertiary alicyclic amines) is 1. The van der Waals surface area contributed by atoms with Crippen molar-refractivity contribution in [2.24, 2.45) is 23.7 Å². The zero-order valence-corrected chi connectivity index (χ0v) is 46.0. The summed E-state index contributed by atoms with van der Waals surface area (Å²) in [6, 6.07) is 7.55. The second kappa shape index (κ2) is 25.2. The molecular weight excluding hydrogens is 929 g/mol. The molecule has 0 saturated carbocycles. The van der Waals surface area contributed by atoms with Crippen molar-refractivity contribution in [1.29, 1.82) is 0 Å². The minimum atomic E-state index is -1.84. The number of methoxy groups -OCH3 is 1. The van der Waals surface area contributed by atoms with Gasteiger partial charge in [0.25, 0.3) is 0 Å². The Bertz CT molecular complexity index is 1860. The lowest BCUT2D eigenvalue weighted by atomic mass is 9.68. The molecule has 0 radical (unpaired) electrons. The minimum Gasteiger partial charge on any atom is -0.459 e. The zero-order valence-electron chi connectivity index (χ0n) is 46.0. The fraction of sp³-hybridized carbons (Fsp3) is 0.852. The van der Waals surface area contributed by atoms with Crippen molar-refractivity contribution in [1.82, 2.24) is 20.0 Å². The van der Waals surface area contributed by atoms with E-state index < -0.39 is 126 Å². The number of ether oxygens (including phenoxy) is 6. The molecule has 4 aliphatic rings. The molecule has 1 aromatic rings. The fourth-order valence-electron chi connectivity index (χ4n) is 12.4. The summed E-state index contributed by atoms with van der Waals surface area (Å²) in [4.78, 5) is 34.3. The van der Waals surface area contributed by atoms with Crippen LogP contribution in [-0.4, -0.2) is 213 Å². The molecule has 0 aliphatic carbocycles. The summed E-state index contributed by atoms with van der Waals surface area (Å²) >= 11 is 0. The predicted molar refractivity (Wildman–Crippen MR) is 271 cm³/mol.